The van der Waals surface area contributed by atoms with E-state index in [1.807, 2.05) is 18.2 Å². The third-order valence-corrected chi connectivity index (χ3v) is 4.52. The molecule has 1 aromatic heterocycles. The van der Waals surface area contributed by atoms with E-state index in [1.54, 1.807) is 18.2 Å². The minimum Gasteiger partial charge on any atom is -0.507 e. The fraction of sp³-hybridized carbons (Fsp3) is 0.263. The number of benzene rings is 2. The number of para-hydroxylation sites is 1. The van der Waals surface area contributed by atoms with Crippen LogP contribution in [0, 0.1) is 0 Å². The molecule has 0 radical (unpaired) electrons. The average Bonchev–Trinajstić information content (AvgIpc) is 2.75. The first-order chi connectivity index (χ1) is 11.7. The van der Waals surface area contributed by atoms with Crippen LogP contribution in [0.1, 0.15) is 35.4 Å². The van der Waals surface area contributed by atoms with Crippen LogP contribution in [0.15, 0.2) is 42.5 Å². The van der Waals surface area contributed by atoms with Gasteiger partial charge in [-0.1, -0.05) is 18.6 Å². The van der Waals surface area contributed by atoms with Crippen LogP contribution in [-0.4, -0.2) is 20.6 Å². The number of hydrogen-bond acceptors (Lipinski definition) is 3. The molecule has 0 bridgehead atoms. The number of aromatic nitrogens is 2. The number of aryl methyl sites for hydroxylation is 2. The van der Waals surface area contributed by atoms with Crippen molar-refractivity contribution in [3.05, 3.63) is 53.9 Å². The minimum atomic E-state index is -0.326. The summed E-state index contributed by atoms with van der Waals surface area (Å²) < 4.78 is 2.29. The quantitative estimate of drug-likeness (QED) is 0.756. The Hall–Kier alpha value is -2.82. The van der Waals surface area contributed by atoms with Gasteiger partial charge in [0.15, 0.2) is 0 Å². The number of carbonyl (C=O) groups excluding carboxylic acids is 1. The van der Waals surface area contributed by atoms with Gasteiger partial charge in [-0.05, 0) is 43.2 Å². The molecule has 2 aromatic carbocycles. The summed E-state index contributed by atoms with van der Waals surface area (Å²) in [6.07, 6.45) is 4.62. The summed E-state index contributed by atoms with van der Waals surface area (Å²) in [6.45, 7) is 1.01. The molecular weight excluding hydrogens is 302 g/mol. The Bertz CT molecular complexity index is 914. The molecule has 1 aliphatic heterocycles. The number of nitrogens with zero attached hydrogens (tertiary/aromatic N) is 2. The zero-order valence-electron chi connectivity index (χ0n) is 13.3. The number of phenolic OH excluding ortho intramolecular Hbond substituents is 1. The van der Waals surface area contributed by atoms with Crippen molar-refractivity contribution in [3.8, 4) is 5.75 Å². The number of amides is 1. The predicted octanol–water partition coefficient (Wildman–Crippen LogP) is 3.72. The SMILES string of the molecule is O=C(Nc1ccc2c(c1)nc1n2CCCCC1)c1ccccc1O. The van der Waals surface area contributed by atoms with E-state index in [-0.39, 0.29) is 17.2 Å². The highest BCUT2D eigenvalue weighted by atomic mass is 16.3. The van der Waals surface area contributed by atoms with Crippen molar-refractivity contribution in [2.24, 2.45) is 0 Å². The van der Waals surface area contributed by atoms with E-state index >= 15 is 0 Å². The maximum absolute atomic E-state index is 12.3. The third-order valence-electron chi connectivity index (χ3n) is 4.52. The molecule has 3 aromatic rings. The van der Waals surface area contributed by atoms with Crippen LogP contribution in [0.25, 0.3) is 11.0 Å². The number of imidazole rings is 1. The van der Waals surface area contributed by atoms with Crippen molar-refractivity contribution in [2.45, 2.75) is 32.2 Å². The highest BCUT2D eigenvalue weighted by Gasteiger charge is 2.15. The molecule has 2 N–H and O–H groups in total. The third kappa shape index (κ3) is 2.62. The Morgan fingerprint density at radius 3 is 2.88 bits per heavy atom. The van der Waals surface area contributed by atoms with Gasteiger partial charge in [-0.25, -0.2) is 4.98 Å². The summed E-state index contributed by atoms with van der Waals surface area (Å²) in [5, 5.41) is 12.6. The second kappa shape index (κ2) is 6.00. The van der Waals surface area contributed by atoms with Crippen LogP contribution in [0.2, 0.25) is 0 Å². The molecule has 24 heavy (non-hydrogen) atoms. The lowest BCUT2D eigenvalue weighted by Gasteiger charge is -2.07. The Labute approximate surface area is 139 Å². The Morgan fingerprint density at radius 2 is 2.00 bits per heavy atom. The van der Waals surface area contributed by atoms with Gasteiger partial charge in [0.1, 0.15) is 11.6 Å². The summed E-state index contributed by atoms with van der Waals surface area (Å²) >= 11 is 0. The van der Waals surface area contributed by atoms with Crippen LogP contribution in [0.3, 0.4) is 0 Å². The monoisotopic (exact) mass is 321 g/mol. The molecule has 0 saturated heterocycles. The van der Waals surface area contributed by atoms with Gasteiger partial charge in [0.2, 0.25) is 0 Å². The first-order valence-corrected chi connectivity index (χ1v) is 8.31. The van der Waals surface area contributed by atoms with E-state index in [1.165, 1.54) is 25.3 Å². The number of aromatic hydroxyl groups is 1. The lowest BCUT2D eigenvalue weighted by Crippen LogP contribution is -2.11. The normalized spacial score (nSPS) is 14.2. The van der Waals surface area contributed by atoms with Crippen LogP contribution in [0.5, 0.6) is 5.75 Å². The fourth-order valence-electron chi connectivity index (χ4n) is 3.29. The maximum Gasteiger partial charge on any atom is 0.259 e. The predicted molar refractivity (Wildman–Crippen MR) is 93.3 cm³/mol. The molecule has 5 heteroatoms. The summed E-state index contributed by atoms with van der Waals surface area (Å²) in [7, 11) is 0. The van der Waals surface area contributed by atoms with Crippen molar-refractivity contribution in [2.75, 3.05) is 5.32 Å². The van der Waals surface area contributed by atoms with Crippen molar-refractivity contribution in [1.29, 1.82) is 0 Å². The van der Waals surface area contributed by atoms with Crippen LogP contribution < -0.4 is 5.32 Å². The Morgan fingerprint density at radius 1 is 1.12 bits per heavy atom. The minimum absolute atomic E-state index is 0.0233. The van der Waals surface area contributed by atoms with Crippen molar-refractivity contribution >= 4 is 22.6 Å². The number of phenols is 1. The zero-order chi connectivity index (χ0) is 16.5. The zero-order valence-corrected chi connectivity index (χ0v) is 13.3. The Kier molecular flexibility index (Phi) is 3.69. The maximum atomic E-state index is 12.3. The largest absolute Gasteiger partial charge is 0.507 e. The van der Waals surface area contributed by atoms with Crippen LogP contribution >= 0.6 is 0 Å². The van der Waals surface area contributed by atoms with Crippen molar-refractivity contribution in [3.63, 3.8) is 0 Å². The van der Waals surface area contributed by atoms with Crippen LogP contribution in [0.4, 0.5) is 5.69 Å². The molecular formula is C19H19N3O2. The molecule has 0 aliphatic carbocycles. The van der Waals surface area contributed by atoms with E-state index in [9.17, 15) is 9.90 Å². The molecule has 2 heterocycles. The molecule has 0 saturated carbocycles. The van der Waals surface area contributed by atoms with Gasteiger partial charge in [0, 0.05) is 18.7 Å². The fourth-order valence-corrected chi connectivity index (χ4v) is 3.29. The number of hydrogen-bond donors (Lipinski definition) is 2. The second-order valence-electron chi connectivity index (χ2n) is 6.17. The van der Waals surface area contributed by atoms with E-state index in [0.29, 0.717) is 5.69 Å². The lowest BCUT2D eigenvalue weighted by molar-refractivity contribution is 0.102. The molecule has 4 rings (SSSR count). The van der Waals surface area contributed by atoms with Gasteiger partial charge in [0.25, 0.3) is 5.91 Å². The van der Waals surface area contributed by atoms with E-state index < -0.39 is 0 Å². The first-order valence-electron chi connectivity index (χ1n) is 8.31. The van der Waals surface area contributed by atoms with Gasteiger partial charge < -0.3 is 15.0 Å². The van der Waals surface area contributed by atoms with E-state index in [0.717, 1.165) is 29.8 Å². The molecule has 0 unspecified atom stereocenters. The molecule has 5 nitrogen and oxygen atoms in total. The number of anilines is 1. The Balaban J connectivity index is 1.64. The standard InChI is InChI=1S/C19H19N3O2/c23-17-7-4-3-6-14(17)19(24)20-13-9-10-16-15(12-13)21-18-8-2-1-5-11-22(16)18/h3-4,6-7,9-10,12,23H,1-2,5,8,11H2,(H,20,24). The number of fused-ring (bicyclic) bond motifs is 3. The molecule has 122 valence electrons. The average molecular weight is 321 g/mol. The number of rotatable bonds is 2. The van der Waals surface area contributed by atoms with Gasteiger partial charge in [-0.3, -0.25) is 4.79 Å². The molecule has 1 amide bonds. The van der Waals surface area contributed by atoms with Crippen molar-refractivity contribution in [1.82, 2.24) is 9.55 Å². The number of carbonyl (C=O) groups is 1. The second-order valence-corrected chi connectivity index (χ2v) is 6.17. The van der Waals surface area contributed by atoms with Crippen LogP contribution in [-0.2, 0) is 13.0 Å². The highest BCUT2D eigenvalue weighted by molar-refractivity contribution is 6.06. The molecule has 0 fully saturated rings. The van der Waals surface area contributed by atoms with E-state index in [2.05, 4.69) is 9.88 Å². The lowest BCUT2D eigenvalue weighted by atomic mass is 10.2. The summed E-state index contributed by atoms with van der Waals surface area (Å²) in [5.41, 5.74) is 2.97. The van der Waals surface area contributed by atoms with E-state index in [4.69, 9.17) is 4.98 Å². The van der Waals surface area contributed by atoms with Gasteiger partial charge in [-0.2, -0.15) is 0 Å². The number of nitrogens with one attached hydrogen (secondary N) is 1. The topological polar surface area (TPSA) is 67.2 Å². The molecule has 0 atom stereocenters. The highest BCUT2D eigenvalue weighted by Crippen LogP contribution is 2.25. The summed E-state index contributed by atoms with van der Waals surface area (Å²) in [4.78, 5) is 17.0. The molecule has 0 spiro atoms. The van der Waals surface area contributed by atoms with Gasteiger partial charge >= 0.3 is 0 Å². The molecule has 1 aliphatic rings. The van der Waals surface area contributed by atoms with Crippen molar-refractivity contribution < 1.29 is 9.90 Å². The first kappa shape index (κ1) is 14.8. The smallest absolute Gasteiger partial charge is 0.259 e. The summed E-state index contributed by atoms with van der Waals surface area (Å²) in [6, 6.07) is 12.3. The summed E-state index contributed by atoms with van der Waals surface area (Å²) in [5.74, 6) is 0.782. The van der Waals surface area contributed by atoms with Gasteiger partial charge in [-0.15, -0.1) is 0 Å². The van der Waals surface area contributed by atoms with Gasteiger partial charge in [0.05, 0.1) is 16.6 Å².